The van der Waals surface area contributed by atoms with Gasteiger partial charge in [-0.15, -0.1) is 11.3 Å². The number of thiazole rings is 1. The first-order chi connectivity index (χ1) is 18.1. The second kappa shape index (κ2) is 11.6. The van der Waals surface area contributed by atoms with Crippen LogP contribution in [-0.2, 0) is 14.3 Å². The number of aryl methyl sites for hydroxylation is 1. The van der Waals surface area contributed by atoms with Crippen molar-refractivity contribution in [2.75, 3.05) is 18.5 Å². The highest BCUT2D eigenvalue weighted by atomic mass is 32.1. The molecule has 1 amide bonds. The molecule has 2 N–H and O–H groups in total. The lowest BCUT2D eigenvalue weighted by atomic mass is 9.81. The second-order valence-electron chi connectivity index (χ2n) is 9.11. The Labute approximate surface area is 224 Å². The summed E-state index contributed by atoms with van der Waals surface area (Å²) in [5, 5.41) is 17.5. The number of aliphatic hydroxyl groups is 1. The van der Waals surface area contributed by atoms with Gasteiger partial charge in [-0.1, -0.05) is 6.07 Å². The van der Waals surface area contributed by atoms with Gasteiger partial charge in [-0.2, -0.15) is 11.3 Å². The van der Waals surface area contributed by atoms with E-state index in [4.69, 9.17) is 14.5 Å². The van der Waals surface area contributed by atoms with Crippen molar-refractivity contribution in [2.24, 2.45) is 5.92 Å². The van der Waals surface area contributed by atoms with Crippen molar-refractivity contribution in [1.82, 2.24) is 4.98 Å². The number of aromatic nitrogens is 1. The molecule has 192 valence electrons. The number of amides is 1. The number of fused-ring (bicyclic) bond motifs is 1. The molecule has 3 heterocycles. The molecule has 0 unspecified atom stereocenters. The normalized spacial score (nSPS) is 19.4. The first-order valence-electron chi connectivity index (χ1n) is 12.5. The number of nitrogens with zero attached hydrogens (tertiary/aromatic N) is 1. The first-order valence-corrected chi connectivity index (χ1v) is 14.2. The van der Waals surface area contributed by atoms with Gasteiger partial charge in [0.15, 0.2) is 5.76 Å². The number of aliphatic hydroxyl groups excluding tert-OH is 1. The van der Waals surface area contributed by atoms with E-state index in [1.54, 1.807) is 22.7 Å². The van der Waals surface area contributed by atoms with Crippen molar-refractivity contribution in [3.05, 3.63) is 82.3 Å². The largest absolute Gasteiger partial charge is 0.459 e. The number of rotatable bonds is 9. The van der Waals surface area contributed by atoms with Crippen LogP contribution in [0.2, 0.25) is 0 Å². The van der Waals surface area contributed by atoms with Crippen LogP contribution in [0.15, 0.2) is 71.1 Å². The lowest BCUT2D eigenvalue weighted by Crippen LogP contribution is -2.37. The molecule has 0 bridgehead atoms. The summed E-state index contributed by atoms with van der Waals surface area (Å²) in [7, 11) is 0. The van der Waals surface area contributed by atoms with Crippen LogP contribution >= 0.6 is 22.7 Å². The van der Waals surface area contributed by atoms with E-state index in [0.717, 1.165) is 32.8 Å². The smallest absolute Gasteiger partial charge is 0.290 e. The Morgan fingerprint density at radius 3 is 2.76 bits per heavy atom. The van der Waals surface area contributed by atoms with E-state index < -0.39 is 6.29 Å². The maximum atomic E-state index is 13.2. The minimum Gasteiger partial charge on any atom is -0.459 e. The Balaban J connectivity index is 1.35. The van der Waals surface area contributed by atoms with Gasteiger partial charge in [0.1, 0.15) is 5.01 Å². The van der Waals surface area contributed by atoms with E-state index in [0.29, 0.717) is 18.7 Å². The molecule has 1 aliphatic heterocycles. The molecule has 1 aliphatic rings. The number of carbonyl (C=O) groups excluding carboxylic acids is 1. The summed E-state index contributed by atoms with van der Waals surface area (Å²) in [4.78, 5) is 18.0. The molecule has 0 aliphatic carbocycles. The van der Waals surface area contributed by atoms with Crippen LogP contribution in [0.25, 0.3) is 20.8 Å². The molecule has 2 aromatic heterocycles. The summed E-state index contributed by atoms with van der Waals surface area (Å²) >= 11 is 3.28. The highest BCUT2D eigenvalue weighted by molar-refractivity contribution is 7.21. The lowest BCUT2D eigenvalue weighted by Gasteiger charge is -2.36. The van der Waals surface area contributed by atoms with Crippen LogP contribution in [0.5, 0.6) is 0 Å². The van der Waals surface area contributed by atoms with Gasteiger partial charge in [-0.3, -0.25) is 4.79 Å². The van der Waals surface area contributed by atoms with Gasteiger partial charge in [0.05, 0.1) is 10.2 Å². The SMILES string of the molecule is CCO[C@H]1OC(C(=O)Nc2ccc(-c3nc4ccc(C)cc4s3)cc2)=C[C@@H](c2ccsc2)[C@H]1CCCO. The number of ether oxygens (including phenoxy) is 2. The van der Waals surface area contributed by atoms with Gasteiger partial charge < -0.3 is 19.9 Å². The Hall–Kier alpha value is -3.04. The molecule has 0 saturated carbocycles. The number of hydrogen-bond acceptors (Lipinski definition) is 7. The van der Waals surface area contributed by atoms with Crippen molar-refractivity contribution in [1.29, 1.82) is 0 Å². The molecule has 37 heavy (non-hydrogen) atoms. The molecule has 0 fully saturated rings. The highest BCUT2D eigenvalue weighted by Crippen LogP contribution is 2.40. The van der Waals surface area contributed by atoms with Gasteiger partial charge in [-0.05, 0) is 97.1 Å². The van der Waals surface area contributed by atoms with Crippen LogP contribution in [0.3, 0.4) is 0 Å². The average molecular weight is 535 g/mol. The number of carbonyl (C=O) groups is 1. The van der Waals surface area contributed by atoms with Gasteiger partial charge in [0, 0.05) is 36.3 Å². The predicted molar refractivity (Wildman–Crippen MR) is 150 cm³/mol. The fourth-order valence-electron chi connectivity index (χ4n) is 4.65. The van der Waals surface area contributed by atoms with Crippen LogP contribution in [0.4, 0.5) is 5.69 Å². The van der Waals surface area contributed by atoms with Crippen molar-refractivity contribution in [2.45, 2.75) is 38.9 Å². The van der Waals surface area contributed by atoms with Gasteiger partial charge >= 0.3 is 0 Å². The molecule has 0 saturated heterocycles. The maximum Gasteiger partial charge on any atom is 0.290 e. The Morgan fingerprint density at radius 1 is 1.19 bits per heavy atom. The van der Waals surface area contributed by atoms with E-state index in [1.165, 1.54) is 5.56 Å². The average Bonchev–Trinajstić information content (AvgIpc) is 3.58. The van der Waals surface area contributed by atoms with Gasteiger partial charge in [0.25, 0.3) is 5.91 Å². The summed E-state index contributed by atoms with van der Waals surface area (Å²) in [5.41, 5.74) is 5.02. The van der Waals surface area contributed by atoms with E-state index in [1.807, 2.05) is 48.7 Å². The Kier molecular flexibility index (Phi) is 8.00. The Bertz CT molecular complexity index is 1380. The zero-order valence-corrected chi connectivity index (χ0v) is 22.5. The van der Waals surface area contributed by atoms with Crippen molar-refractivity contribution in [3.63, 3.8) is 0 Å². The number of nitrogens with one attached hydrogen (secondary N) is 1. The van der Waals surface area contributed by atoms with Crippen LogP contribution < -0.4 is 5.32 Å². The Morgan fingerprint density at radius 2 is 2.03 bits per heavy atom. The maximum absolute atomic E-state index is 13.2. The molecular weight excluding hydrogens is 504 g/mol. The molecule has 4 aromatic rings. The third kappa shape index (κ3) is 5.78. The standard InChI is InChI=1S/C29H30N2O4S2/c1-3-34-29-22(5-4-13-32)23(20-12-14-36-17-20)16-25(35-29)27(33)30-21-9-7-19(8-10-21)28-31-24-11-6-18(2)15-26(24)37-28/h6-12,14-17,22-23,29,32H,3-5,13H2,1-2H3,(H,30,33)/t22-,23+,29+/m1/s1. The number of hydrogen-bond donors (Lipinski definition) is 2. The molecule has 5 rings (SSSR count). The predicted octanol–water partition coefficient (Wildman–Crippen LogP) is 6.72. The molecule has 0 spiro atoms. The fourth-order valence-corrected chi connectivity index (χ4v) is 6.43. The number of allylic oxidation sites excluding steroid dienone is 1. The van der Waals surface area contributed by atoms with Crippen LogP contribution in [-0.4, -0.2) is 35.5 Å². The summed E-state index contributed by atoms with van der Waals surface area (Å²) in [6.07, 6.45) is 2.72. The van der Waals surface area contributed by atoms with E-state index >= 15 is 0 Å². The number of anilines is 1. The van der Waals surface area contributed by atoms with Crippen LogP contribution in [0, 0.1) is 12.8 Å². The lowest BCUT2D eigenvalue weighted by molar-refractivity contribution is -0.164. The minimum absolute atomic E-state index is 0.00938. The molecule has 0 radical (unpaired) electrons. The zero-order chi connectivity index (χ0) is 25.8. The first kappa shape index (κ1) is 25.6. The van der Waals surface area contributed by atoms with E-state index in [2.05, 4.69) is 35.8 Å². The fraction of sp³-hybridized carbons (Fsp3) is 0.310. The monoisotopic (exact) mass is 534 g/mol. The van der Waals surface area contributed by atoms with Crippen molar-refractivity contribution in [3.8, 4) is 10.6 Å². The van der Waals surface area contributed by atoms with Crippen molar-refractivity contribution >= 4 is 44.5 Å². The summed E-state index contributed by atoms with van der Waals surface area (Å²) in [6.45, 7) is 4.57. The molecular formula is C29H30N2O4S2. The van der Waals surface area contributed by atoms with E-state index in [-0.39, 0.29) is 30.1 Å². The second-order valence-corrected chi connectivity index (χ2v) is 10.9. The van der Waals surface area contributed by atoms with Gasteiger partial charge in [-0.25, -0.2) is 4.98 Å². The topological polar surface area (TPSA) is 80.7 Å². The third-order valence-electron chi connectivity index (χ3n) is 6.50. The van der Waals surface area contributed by atoms with Crippen molar-refractivity contribution < 1.29 is 19.4 Å². The van der Waals surface area contributed by atoms with Gasteiger partial charge in [0.2, 0.25) is 6.29 Å². The zero-order valence-electron chi connectivity index (χ0n) is 20.8. The summed E-state index contributed by atoms with van der Waals surface area (Å²) in [5.74, 6) is -0.0849. The minimum atomic E-state index is -0.558. The third-order valence-corrected chi connectivity index (χ3v) is 8.27. The quantitative estimate of drug-likeness (QED) is 0.249. The molecule has 8 heteroatoms. The molecule has 2 aromatic carbocycles. The number of benzene rings is 2. The molecule has 6 nitrogen and oxygen atoms in total. The highest BCUT2D eigenvalue weighted by Gasteiger charge is 2.38. The number of thiophene rings is 1. The van der Waals surface area contributed by atoms with Crippen LogP contribution in [0.1, 0.15) is 36.8 Å². The molecule has 3 atom stereocenters. The summed E-state index contributed by atoms with van der Waals surface area (Å²) < 4.78 is 13.2. The summed E-state index contributed by atoms with van der Waals surface area (Å²) in [6, 6.07) is 16.0. The van der Waals surface area contributed by atoms with E-state index in [9.17, 15) is 9.90 Å².